The number of likely N-dealkylation sites (tertiary alicyclic amines) is 1. The normalized spacial score (nSPS) is 19.1. The maximum atomic E-state index is 13.6. The fourth-order valence-electron chi connectivity index (χ4n) is 4.75. The summed E-state index contributed by atoms with van der Waals surface area (Å²) >= 11 is 0. The van der Waals surface area contributed by atoms with Crippen LogP contribution >= 0.6 is 0 Å². The topological polar surface area (TPSA) is 98.6 Å². The molecular weight excluding hydrogens is 453 g/mol. The lowest BCUT2D eigenvalue weighted by Gasteiger charge is -2.41. The first-order valence-electron chi connectivity index (χ1n) is 12.5. The van der Waals surface area contributed by atoms with Crippen LogP contribution in [0, 0.1) is 11.2 Å². The van der Waals surface area contributed by atoms with Crippen molar-refractivity contribution in [1.82, 2.24) is 25.2 Å². The zero-order chi connectivity index (χ0) is 24.5. The van der Waals surface area contributed by atoms with Gasteiger partial charge in [0.2, 0.25) is 11.8 Å². The van der Waals surface area contributed by atoms with E-state index in [1.54, 1.807) is 18.2 Å². The standard InChI is InChI=1S/C25H34FN5O4/c26-21-6-1-2-7-22(21)35-16-5-8-23(32)30-14-10-25(11-15-30)9-3-4-13-31-18-20(28-29-31)19-34-17-12-27-24(25)33/h1-2,6-7,18H,3-5,8-17,19H2,(H,27,33). The van der Waals surface area contributed by atoms with Gasteiger partial charge >= 0.3 is 0 Å². The van der Waals surface area contributed by atoms with Gasteiger partial charge in [-0.15, -0.1) is 5.10 Å². The second-order valence-electron chi connectivity index (χ2n) is 9.28. The van der Waals surface area contributed by atoms with Crippen molar-refractivity contribution in [2.75, 3.05) is 32.8 Å². The number of hydrogen-bond acceptors (Lipinski definition) is 6. The van der Waals surface area contributed by atoms with Gasteiger partial charge in [0.15, 0.2) is 11.6 Å². The fourth-order valence-corrected chi connectivity index (χ4v) is 4.75. The number of halogens is 1. The summed E-state index contributed by atoms with van der Waals surface area (Å²) in [5, 5.41) is 11.3. The predicted octanol–water partition coefficient (Wildman–Crippen LogP) is 2.70. The molecule has 1 fully saturated rings. The van der Waals surface area contributed by atoms with Gasteiger partial charge in [0.25, 0.3) is 0 Å². The average molecular weight is 488 g/mol. The summed E-state index contributed by atoms with van der Waals surface area (Å²) in [7, 11) is 0. The SMILES string of the molecule is O=C(CCCOc1ccccc1F)N1CCC2(CCCCn3cc(nn3)COCCNC2=O)CC1. The maximum Gasteiger partial charge on any atom is 0.226 e. The Morgan fingerprint density at radius 2 is 2.00 bits per heavy atom. The number of amides is 2. The minimum Gasteiger partial charge on any atom is -0.491 e. The van der Waals surface area contributed by atoms with E-state index in [-0.39, 0.29) is 24.2 Å². The van der Waals surface area contributed by atoms with Gasteiger partial charge in [-0.3, -0.25) is 14.3 Å². The lowest BCUT2D eigenvalue weighted by atomic mass is 9.73. The number of piperidine rings is 1. The Kier molecular flexibility index (Phi) is 8.68. The van der Waals surface area contributed by atoms with Gasteiger partial charge in [-0.05, 0) is 44.2 Å². The minimum absolute atomic E-state index is 0.0497. The average Bonchev–Trinajstić information content (AvgIpc) is 3.32. The van der Waals surface area contributed by atoms with E-state index in [4.69, 9.17) is 9.47 Å². The second-order valence-corrected chi connectivity index (χ2v) is 9.28. The molecule has 190 valence electrons. The molecule has 1 spiro atoms. The molecule has 2 bridgehead atoms. The minimum atomic E-state index is -0.470. The summed E-state index contributed by atoms with van der Waals surface area (Å²) in [6, 6.07) is 6.25. The molecule has 0 atom stereocenters. The van der Waals surface area contributed by atoms with Crippen molar-refractivity contribution in [2.24, 2.45) is 5.41 Å². The van der Waals surface area contributed by atoms with Crippen LogP contribution in [0.15, 0.2) is 30.5 Å². The van der Waals surface area contributed by atoms with Crippen LogP contribution in [0.4, 0.5) is 4.39 Å². The first-order valence-corrected chi connectivity index (χ1v) is 12.5. The van der Waals surface area contributed by atoms with Crippen LogP contribution in [0.5, 0.6) is 5.75 Å². The summed E-state index contributed by atoms with van der Waals surface area (Å²) in [6.07, 6.45) is 6.63. The van der Waals surface area contributed by atoms with Crippen LogP contribution < -0.4 is 10.1 Å². The monoisotopic (exact) mass is 487 g/mol. The highest BCUT2D eigenvalue weighted by molar-refractivity contribution is 5.83. The number of carbonyl (C=O) groups is 2. The van der Waals surface area contributed by atoms with E-state index in [1.165, 1.54) is 6.07 Å². The van der Waals surface area contributed by atoms with Crippen molar-refractivity contribution >= 4 is 11.8 Å². The lowest BCUT2D eigenvalue weighted by Crippen LogP contribution is -2.50. The Labute approximate surface area is 205 Å². The molecule has 1 aromatic heterocycles. The van der Waals surface area contributed by atoms with E-state index in [0.717, 1.165) is 31.5 Å². The van der Waals surface area contributed by atoms with E-state index in [2.05, 4.69) is 15.6 Å². The van der Waals surface area contributed by atoms with Crippen LogP contribution in [0.3, 0.4) is 0 Å². The van der Waals surface area contributed by atoms with Crippen molar-refractivity contribution in [2.45, 2.75) is 58.1 Å². The smallest absolute Gasteiger partial charge is 0.226 e. The van der Waals surface area contributed by atoms with E-state index in [0.29, 0.717) is 58.5 Å². The molecule has 2 aliphatic rings. The molecule has 0 radical (unpaired) electrons. The molecule has 2 amide bonds. The molecule has 9 nitrogen and oxygen atoms in total. The summed E-state index contributed by atoms with van der Waals surface area (Å²) in [6.45, 7) is 3.39. The molecule has 10 heteroatoms. The highest BCUT2D eigenvalue weighted by atomic mass is 19.1. The van der Waals surface area contributed by atoms with Crippen molar-refractivity contribution in [1.29, 1.82) is 0 Å². The second kappa shape index (κ2) is 12.1. The number of aryl methyl sites for hydroxylation is 1. The van der Waals surface area contributed by atoms with Crippen LogP contribution in [0.25, 0.3) is 0 Å². The molecule has 0 saturated carbocycles. The van der Waals surface area contributed by atoms with Crippen LogP contribution in [0.1, 0.15) is 50.6 Å². The third kappa shape index (κ3) is 6.78. The highest BCUT2D eigenvalue weighted by Crippen LogP contribution is 2.37. The summed E-state index contributed by atoms with van der Waals surface area (Å²) < 4.78 is 26.5. The summed E-state index contributed by atoms with van der Waals surface area (Å²) in [5.41, 5.74) is 0.322. The van der Waals surface area contributed by atoms with E-state index >= 15 is 0 Å². The van der Waals surface area contributed by atoms with Crippen LogP contribution in [-0.2, 0) is 27.5 Å². The molecule has 35 heavy (non-hydrogen) atoms. The molecule has 1 N–H and O–H groups in total. The Hall–Kier alpha value is -3.01. The van der Waals surface area contributed by atoms with Crippen molar-refractivity contribution < 1.29 is 23.5 Å². The molecule has 4 rings (SSSR count). The Bertz CT molecular complexity index is 990. The highest BCUT2D eigenvalue weighted by Gasteiger charge is 2.41. The quantitative estimate of drug-likeness (QED) is 0.652. The number of aromatic nitrogens is 3. The number of benzene rings is 1. The molecule has 2 aliphatic heterocycles. The number of fused-ring (bicyclic) bond motifs is 2. The first-order chi connectivity index (χ1) is 17.1. The van der Waals surface area contributed by atoms with E-state index in [9.17, 15) is 14.0 Å². The third-order valence-corrected chi connectivity index (χ3v) is 6.84. The number of rotatable bonds is 5. The van der Waals surface area contributed by atoms with Crippen LogP contribution in [0.2, 0.25) is 0 Å². The van der Waals surface area contributed by atoms with Gasteiger partial charge in [0.1, 0.15) is 5.69 Å². The maximum absolute atomic E-state index is 13.6. The molecule has 0 unspecified atom stereocenters. The van der Waals surface area contributed by atoms with Gasteiger partial charge in [-0.1, -0.05) is 23.8 Å². The predicted molar refractivity (Wildman–Crippen MR) is 126 cm³/mol. The first kappa shape index (κ1) is 25.1. The summed E-state index contributed by atoms with van der Waals surface area (Å²) in [5.74, 6) is -0.0947. The van der Waals surface area contributed by atoms with Gasteiger partial charge in [0, 0.05) is 32.6 Å². The molecule has 2 aromatic rings. The molecule has 1 saturated heterocycles. The lowest BCUT2D eigenvalue weighted by molar-refractivity contribution is -0.141. The molecular formula is C25H34FN5O4. The van der Waals surface area contributed by atoms with Gasteiger partial charge in [0.05, 0.1) is 31.4 Å². The summed E-state index contributed by atoms with van der Waals surface area (Å²) in [4.78, 5) is 27.7. The number of carbonyl (C=O) groups excluding carboxylic acids is 2. The number of nitrogens with one attached hydrogen (secondary N) is 1. The Morgan fingerprint density at radius 3 is 2.83 bits per heavy atom. The van der Waals surface area contributed by atoms with Crippen molar-refractivity contribution in [3.05, 3.63) is 42.0 Å². The zero-order valence-electron chi connectivity index (χ0n) is 20.1. The number of nitrogens with zero attached hydrogens (tertiary/aromatic N) is 4. The molecule has 1 aromatic carbocycles. The van der Waals surface area contributed by atoms with Gasteiger partial charge in [-0.2, -0.15) is 0 Å². The van der Waals surface area contributed by atoms with Crippen LogP contribution in [-0.4, -0.2) is 64.6 Å². The zero-order valence-corrected chi connectivity index (χ0v) is 20.1. The van der Waals surface area contributed by atoms with Crippen molar-refractivity contribution in [3.8, 4) is 5.75 Å². The van der Waals surface area contributed by atoms with Crippen molar-refractivity contribution in [3.63, 3.8) is 0 Å². The van der Waals surface area contributed by atoms with E-state index in [1.807, 2.05) is 15.8 Å². The number of hydrogen-bond donors (Lipinski definition) is 1. The van der Waals surface area contributed by atoms with Gasteiger partial charge < -0.3 is 19.7 Å². The molecule has 0 aliphatic carbocycles. The number of para-hydroxylation sites is 1. The Morgan fingerprint density at radius 1 is 1.17 bits per heavy atom. The van der Waals surface area contributed by atoms with Gasteiger partial charge in [-0.25, -0.2) is 4.39 Å². The van der Waals surface area contributed by atoms with E-state index < -0.39 is 11.2 Å². The Balaban J connectivity index is 1.25. The third-order valence-electron chi connectivity index (χ3n) is 6.84. The fraction of sp³-hybridized carbons (Fsp3) is 0.600. The number of ether oxygens (including phenoxy) is 2. The molecule has 3 heterocycles. The largest absolute Gasteiger partial charge is 0.491 e.